The molecule has 0 aliphatic carbocycles. The maximum Gasteiger partial charge on any atom is 0.443 e. The Hall–Kier alpha value is -1.35. The van der Waals surface area contributed by atoms with E-state index in [1.54, 1.807) is 20.8 Å². The zero-order valence-electron chi connectivity index (χ0n) is 12.0. The van der Waals surface area contributed by atoms with Crippen molar-refractivity contribution < 1.29 is 32.9 Å². The van der Waals surface area contributed by atoms with Crippen molar-refractivity contribution in [3.05, 3.63) is 0 Å². The molecule has 6 nitrogen and oxygen atoms in total. The smallest absolute Gasteiger partial charge is 0.443 e. The topological polar surface area (TPSA) is 93.9 Å². The van der Waals surface area contributed by atoms with Crippen LogP contribution in [0.3, 0.4) is 0 Å². The van der Waals surface area contributed by atoms with Crippen LogP contribution < -0.4 is 0 Å². The maximum atomic E-state index is 12.7. The molecule has 1 heterocycles. The second-order valence-electron chi connectivity index (χ2n) is 5.98. The Balaban J connectivity index is 2.89. The van der Waals surface area contributed by atoms with Crippen molar-refractivity contribution in [2.45, 2.75) is 44.8 Å². The van der Waals surface area contributed by atoms with Gasteiger partial charge in [-0.15, -0.1) is 0 Å². The Bertz CT molecular complexity index is 429. The van der Waals surface area contributed by atoms with E-state index in [1.807, 2.05) is 0 Å². The molecule has 3 N–H and O–H groups in total. The summed E-state index contributed by atoms with van der Waals surface area (Å²) < 4.78 is 43.0. The third-order valence-corrected chi connectivity index (χ3v) is 3.03. The second-order valence-corrected chi connectivity index (χ2v) is 5.98. The van der Waals surface area contributed by atoms with Crippen LogP contribution >= 0.6 is 0 Å². The largest absolute Gasteiger partial charge is 0.444 e. The lowest BCUT2D eigenvalue weighted by Gasteiger charge is -2.40. The van der Waals surface area contributed by atoms with Crippen molar-refractivity contribution in [2.24, 2.45) is 5.92 Å². The molecule has 21 heavy (non-hydrogen) atoms. The van der Waals surface area contributed by atoms with Gasteiger partial charge in [0.15, 0.2) is 0 Å². The van der Waals surface area contributed by atoms with Crippen LogP contribution in [0.2, 0.25) is 0 Å². The summed E-state index contributed by atoms with van der Waals surface area (Å²) in [6, 6.07) is 0. The fraction of sp³-hybridized carbons (Fsp3) is 0.833. The molecule has 0 aromatic carbocycles. The van der Waals surface area contributed by atoms with Crippen LogP contribution in [0.1, 0.15) is 27.2 Å². The Morgan fingerprint density at radius 1 is 1.33 bits per heavy atom. The molecule has 1 saturated heterocycles. The Labute approximate surface area is 120 Å². The summed E-state index contributed by atoms with van der Waals surface area (Å²) >= 11 is 0. The number of alkyl halides is 3. The molecule has 1 aliphatic heterocycles. The number of halogens is 3. The summed E-state index contributed by atoms with van der Waals surface area (Å²) in [5, 5.41) is 26.1. The summed E-state index contributed by atoms with van der Waals surface area (Å²) in [5.74, 6) is -5.98. The molecule has 1 fully saturated rings. The fourth-order valence-electron chi connectivity index (χ4n) is 1.91. The van der Waals surface area contributed by atoms with Crippen molar-refractivity contribution in [3.8, 4) is 0 Å². The molecule has 0 aromatic heterocycles. The third-order valence-electron chi connectivity index (χ3n) is 3.03. The molecule has 1 rings (SSSR count). The molecular weight excluding hydrogens is 293 g/mol. The average Bonchev–Trinajstić information content (AvgIpc) is 2.25. The average molecular weight is 312 g/mol. The highest BCUT2D eigenvalue weighted by Gasteiger charge is 2.60. The summed E-state index contributed by atoms with van der Waals surface area (Å²) in [4.78, 5) is 12.8. The summed E-state index contributed by atoms with van der Waals surface area (Å²) in [5.41, 5.74) is -1.28. The van der Waals surface area contributed by atoms with E-state index >= 15 is 0 Å². The highest BCUT2D eigenvalue weighted by Crippen LogP contribution is 2.37. The van der Waals surface area contributed by atoms with Crippen LogP contribution in [0, 0.1) is 11.3 Å². The quantitative estimate of drug-likeness (QED) is 0.640. The first-order valence-corrected chi connectivity index (χ1v) is 6.32. The van der Waals surface area contributed by atoms with Crippen LogP contribution in [0.25, 0.3) is 0 Å². The first-order chi connectivity index (χ1) is 9.25. The predicted molar refractivity (Wildman–Crippen MR) is 66.9 cm³/mol. The second kappa shape index (κ2) is 5.45. The minimum Gasteiger partial charge on any atom is -0.444 e. The molecule has 1 amide bonds. The maximum absolute atomic E-state index is 12.7. The SMILES string of the molecule is CC(C)(C)OC(=O)N1CCC(=N)C(C(O)(O)C(F)(F)F)C1. The normalized spacial score (nSPS) is 21.4. The lowest BCUT2D eigenvalue weighted by molar-refractivity contribution is -0.362. The number of carbonyl (C=O) groups is 1. The Morgan fingerprint density at radius 2 is 1.86 bits per heavy atom. The predicted octanol–water partition coefficient (Wildman–Crippen LogP) is 1.51. The molecule has 9 heteroatoms. The van der Waals surface area contributed by atoms with E-state index < -0.39 is 41.8 Å². The van der Waals surface area contributed by atoms with Crippen LogP contribution in [0.4, 0.5) is 18.0 Å². The highest BCUT2D eigenvalue weighted by molar-refractivity contribution is 5.87. The van der Waals surface area contributed by atoms with Crippen LogP contribution in [0.15, 0.2) is 0 Å². The van der Waals surface area contributed by atoms with Gasteiger partial charge >= 0.3 is 12.3 Å². The molecule has 1 aliphatic rings. The number of nitrogens with one attached hydrogen (secondary N) is 1. The number of aliphatic hydroxyl groups is 2. The van der Waals surface area contributed by atoms with Crippen LogP contribution in [-0.2, 0) is 4.74 Å². The number of nitrogens with zero attached hydrogens (tertiary/aromatic N) is 1. The lowest BCUT2D eigenvalue weighted by atomic mass is 9.87. The zero-order chi connectivity index (χ0) is 16.6. The van der Waals surface area contributed by atoms with E-state index in [1.165, 1.54) is 0 Å². The molecule has 1 atom stereocenters. The zero-order valence-corrected chi connectivity index (χ0v) is 12.0. The van der Waals surface area contributed by atoms with Gasteiger partial charge in [0, 0.05) is 25.2 Å². The van der Waals surface area contributed by atoms with Crippen molar-refractivity contribution in [3.63, 3.8) is 0 Å². The van der Waals surface area contributed by atoms with E-state index in [4.69, 9.17) is 10.1 Å². The van der Waals surface area contributed by atoms with Crippen molar-refractivity contribution >= 4 is 11.8 Å². The van der Waals surface area contributed by atoms with Crippen molar-refractivity contribution in [1.82, 2.24) is 4.90 Å². The summed E-state index contributed by atoms with van der Waals surface area (Å²) in [6.07, 6.45) is -6.35. The summed E-state index contributed by atoms with van der Waals surface area (Å²) in [7, 11) is 0. The van der Waals surface area contributed by atoms with Gasteiger partial charge in [0.05, 0.1) is 5.92 Å². The molecule has 0 saturated carbocycles. The minimum absolute atomic E-state index is 0.00180. The van der Waals surface area contributed by atoms with Gasteiger partial charge in [0.1, 0.15) is 5.60 Å². The number of amides is 1. The van der Waals surface area contributed by atoms with Gasteiger partial charge in [-0.3, -0.25) is 0 Å². The first-order valence-electron chi connectivity index (χ1n) is 6.32. The van der Waals surface area contributed by atoms with Crippen molar-refractivity contribution in [1.29, 1.82) is 5.41 Å². The molecule has 1 unspecified atom stereocenters. The van der Waals surface area contributed by atoms with Crippen molar-refractivity contribution in [2.75, 3.05) is 13.1 Å². The highest BCUT2D eigenvalue weighted by atomic mass is 19.4. The first kappa shape index (κ1) is 17.7. The number of hydrogen-bond donors (Lipinski definition) is 3. The Morgan fingerprint density at radius 3 is 2.29 bits per heavy atom. The number of hydrogen-bond acceptors (Lipinski definition) is 5. The van der Waals surface area contributed by atoms with Gasteiger partial charge in [-0.25, -0.2) is 4.79 Å². The number of rotatable bonds is 1. The van der Waals surface area contributed by atoms with Gasteiger partial charge in [-0.2, -0.15) is 13.2 Å². The molecule has 0 bridgehead atoms. The van der Waals surface area contributed by atoms with E-state index in [9.17, 15) is 28.2 Å². The van der Waals surface area contributed by atoms with Gasteiger partial charge in [-0.05, 0) is 20.8 Å². The van der Waals surface area contributed by atoms with E-state index in [0.29, 0.717) is 0 Å². The molecule has 122 valence electrons. The fourth-order valence-corrected chi connectivity index (χ4v) is 1.91. The number of likely N-dealkylation sites (tertiary alicyclic amines) is 1. The third kappa shape index (κ3) is 4.07. The number of piperidine rings is 1. The van der Waals surface area contributed by atoms with E-state index in [0.717, 1.165) is 4.90 Å². The van der Waals surface area contributed by atoms with E-state index in [-0.39, 0.29) is 13.0 Å². The van der Waals surface area contributed by atoms with E-state index in [2.05, 4.69) is 0 Å². The van der Waals surface area contributed by atoms with Gasteiger partial charge in [0.25, 0.3) is 5.79 Å². The summed E-state index contributed by atoms with van der Waals surface area (Å²) in [6.45, 7) is 4.17. The van der Waals surface area contributed by atoms with Crippen LogP contribution in [0.5, 0.6) is 0 Å². The standard InChI is InChI=1S/C12H19F3N2O4/c1-10(2,3)21-9(18)17-5-4-8(16)7(6-17)11(19,20)12(13,14)15/h7,16,19-20H,4-6H2,1-3H3. The number of carbonyl (C=O) groups excluding carboxylic acids is 1. The van der Waals surface area contributed by atoms with Gasteiger partial charge in [0.2, 0.25) is 0 Å². The minimum atomic E-state index is -5.32. The monoisotopic (exact) mass is 312 g/mol. The lowest BCUT2D eigenvalue weighted by Crippen LogP contribution is -2.60. The molecule has 0 aromatic rings. The molecular formula is C12H19F3N2O4. The van der Waals surface area contributed by atoms with Gasteiger partial charge < -0.3 is 25.3 Å². The number of ether oxygens (including phenoxy) is 1. The molecule has 0 radical (unpaired) electrons. The van der Waals surface area contributed by atoms with Crippen LogP contribution in [-0.4, -0.2) is 57.6 Å². The molecule has 0 spiro atoms. The Kier molecular flexibility index (Phi) is 4.59. The van der Waals surface area contributed by atoms with Gasteiger partial charge in [-0.1, -0.05) is 0 Å².